The molecule has 0 bridgehead atoms. The number of aryl methyl sites for hydroxylation is 1. The number of unbranched alkanes of at least 4 members (excludes halogenated alkanes) is 16. The van der Waals surface area contributed by atoms with Gasteiger partial charge in [-0.05, 0) is 31.4 Å². The number of hydrogen-bond acceptors (Lipinski definition) is 1. The van der Waals surface area contributed by atoms with E-state index in [9.17, 15) is 0 Å². The van der Waals surface area contributed by atoms with Crippen molar-refractivity contribution in [3.63, 3.8) is 0 Å². The van der Waals surface area contributed by atoms with Gasteiger partial charge < -0.3 is 4.90 Å². The summed E-state index contributed by atoms with van der Waals surface area (Å²) in [6.45, 7) is 9.34. The van der Waals surface area contributed by atoms with Crippen molar-refractivity contribution in [3.05, 3.63) is 29.8 Å². The van der Waals surface area contributed by atoms with Gasteiger partial charge in [-0.3, -0.25) is 0 Å². The molecular weight excluding hydrogens is 362 g/mol. The summed E-state index contributed by atoms with van der Waals surface area (Å²) in [5.74, 6) is 0. The van der Waals surface area contributed by atoms with E-state index in [4.69, 9.17) is 0 Å². The maximum absolute atomic E-state index is 2.68. The van der Waals surface area contributed by atoms with Crippen molar-refractivity contribution in [2.45, 2.75) is 136 Å². The van der Waals surface area contributed by atoms with Gasteiger partial charge in [-0.15, -0.1) is 0 Å². The van der Waals surface area contributed by atoms with Crippen LogP contribution < -0.4 is 4.90 Å². The number of anilines is 1. The molecule has 0 saturated carbocycles. The summed E-state index contributed by atoms with van der Waals surface area (Å²) in [4.78, 5) is 2.68. The molecule has 1 heteroatoms. The second-order valence-electron chi connectivity index (χ2n) is 9.43. The summed E-state index contributed by atoms with van der Waals surface area (Å²) in [7, 11) is 0. The Morgan fingerprint density at radius 2 is 0.867 bits per heavy atom. The Hall–Kier alpha value is -0.980. The molecule has 174 valence electrons. The molecule has 0 fully saturated rings. The summed E-state index contributed by atoms with van der Waals surface area (Å²) in [5.41, 5.74) is 2.90. The van der Waals surface area contributed by atoms with Gasteiger partial charge in [0.25, 0.3) is 0 Å². The molecule has 0 aliphatic carbocycles. The number of hydrogen-bond donors (Lipinski definition) is 0. The second-order valence-corrected chi connectivity index (χ2v) is 9.43. The molecule has 0 radical (unpaired) electrons. The van der Waals surface area contributed by atoms with E-state index in [0.717, 1.165) is 0 Å². The van der Waals surface area contributed by atoms with Crippen LogP contribution in [0.15, 0.2) is 24.3 Å². The minimum Gasteiger partial charge on any atom is -0.371 e. The summed E-state index contributed by atoms with van der Waals surface area (Å²) >= 11 is 0. The van der Waals surface area contributed by atoms with Crippen LogP contribution in [0.4, 0.5) is 5.69 Å². The van der Waals surface area contributed by atoms with Crippen LogP contribution in [0.1, 0.15) is 135 Å². The van der Waals surface area contributed by atoms with Gasteiger partial charge in [0.15, 0.2) is 0 Å². The molecular formula is C29H53N. The maximum atomic E-state index is 2.68. The normalized spacial score (nSPS) is 11.2. The highest BCUT2D eigenvalue weighted by Gasteiger charge is 2.08. The monoisotopic (exact) mass is 415 g/mol. The third-order valence-electron chi connectivity index (χ3n) is 6.52. The molecule has 1 rings (SSSR count). The lowest BCUT2D eigenvalue weighted by Gasteiger charge is -2.26. The molecule has 0 N–H and O–H groups in total. The second kappa shape index (κ2) is 20.0. The predicted molar refractivity (Wildman–Crippen MR) is 138 cm³/mol. The van der Waals surface area contributed by atoms with Gasteiger partial charge in [-0.2, -0.15) is 0 Å². The Kier molecular flexibility index (Phi) is 18.0. The van der Waals surface area contributed by atoms with Crippen LogP contribution in [0.2, 0.25) is 0 Å². The molecule has 0 aliphatic rings. The van der Waals surface area contributed by atoms with E-state index in [2.05, 4.69) is 49.9 Å². The molecule has 0 saturated heterocycles. The average Bonchev–Trinajstić information content (AvgIpc) is 2.76. The average molecular weight is 416 g/mol. The van der Waals surface area contributed by atoms with E-state index in [0.29, 0.717) is 0 Å². The lowest BCUT2D eigenvalue weighted by Crippen LogP contribution is -2.26. The first kappa shape index (κ1) is 27.1. The molecule has 0 aromatic heterocycles. The fourth-order valence-electron chi connectivity index (χ4n) is 4.50. The topological polar surface area (TPSA) is 3.24 Å². The van der Waals surface area contributed by atoms with Gasteiger partial charge in [-0.25, -0.2) is 0 Å². The van der Waals surface area contributed by atoms with Crippen molar-refractivity contribution in [1.82, 2.24) is 0 Å². The SMILES string of the molecule is CCCCCCCCCCCN(CCCCCCCCCCC)c1ccccc1C. The fraction of sp³-hybridized carbons (Fsp3) is 0.793. The van der Waals surface area contributed by atoms with E-state index in [1.807, 2.05) is 0 Å². The van der Waals surface area contributed by atoms with Gasteiger partial charge in [0.2, 0.25) is 0 Å². The van der Waals surface area contributed by atoms with Gasteiger partial charge in [-0.1, -0.05) is 135 Å². The molecule has 0 unspecified atom stereocenters. The van der Waals surface area contributed by atoms with Crippen LogP contribution >= 0.6 is 0 Å². The van der Waals surface area contributed by atoms with Crippen molar-refractivity contribution in [3.8, 4) is 0 Å². The Morgan fingerprint density at radius 3 is 1.27 bits per heavy atom. The van der Waals surface area contributed by atoms with Crippen molar-refractivity contribution < 1.29 is 0 Å². The maximum Gasteiger partial charge on any atom is 0.0395 e. The van der Waals surface area contributed by atoms with Gasteiger partial charge in [0.05, 0.1) is 0 Å². The molecule has 1 aromatic carbocycles. The zero-order valence-electron chi connectivity index (χ0n) is 20.9. The van der Waals surface area contributed by atoms with E-state index < -0.39 is 0 Å². The molecule has 30 heavy (non-hydrogen) atoms. The summed E-state index contributed by atoms with van der Waals surface area (Å²) < 4.78 is 0. The van der Waals surface area contributed by atoms with E-state index >= 15 is 0 Å². The summed E-state index contributed by atoms with van der Waals surface area (Å²) in [6, 6.07) is 8.99. The van der Waals surface area contributed by atoms with Crippen molar-refractivity contribution in [2.24, 2.45) is 0 Å². The third kappa shape index (κ3) is 14.1. The van der Waals surface area contributed by atoms with Gasteiger partial charge in [0.1, 0.15) is 0 Å². The molecule has 0 amide bonds. The zero-order chi connectivity index (χ0) is 21.7. The number of rotatable bonds is 21. The van der Waals surface area contributed by atoms with Crippen LogP contribution in [-0.4, -0.2) is 13.1 Å². The smallest absolute Gasteiger partial charge is 0.0395 e. The zero-order valence-corrected chi connectivity index (χ0v) is 20.9. The lowest BCUT2D eigenvalue weighted by atomic mass is 10.1. The van der Waals surface area contributed by atoms with E-state index in [1.54, 1.807) is 0 Å². The molecule has 0 spiro atoms. The standard InChI is InChI=1S/C29H53N/c1-4-6-8-10-12-14-16-18-22-26-30(29-25-21-20-24-28(29)3)27-23-19-17-15-13-11-9-7-5-2/h20-21,24-25H,4-19,22-23,26-27H2,1-3H3. The fourth-order valence-corrected chi connectivity index (χ4v) is 4.50. The number of benzene rings is 1. The van der Waals surface area contributed by atoms with Crippen molar-refractivity contribution >= 4 is 5.69 Å². The van der Waals surface area contributed by atoms with Crippen LogP contribution in [-0.2, 0) is 0 Å². The Morgan fingerprint density at radius 1 is 0.500 bits per heavy atom. The largest absolute Gasteiger partial charge is 0.371 e. The van der Waals surface area contributed by atoms with Gasteiger partial charge >= 0.3 is 0 Å². The number of nitrogens with zero attached hydrogens (tertiary/aromatic N) is 1. The van der Waals surface area contributed by atoms with E-state index in [1.165, 1.54) is 140 Å². The first-order chi connectivity index (χ1) is 14.8. The van der Waals surface area contributed by atoms with E-state index in [-0.39, 0.29) is 0 Å². The molecule has 1 aromatic rings. The lowest BCUT2D eigenvalue weighted by molar-refractivity contribution is 0.548. The minimum absolute atomic E-state index is 1.23. The Balaban J connectivity index is 2.22. The highest BCUT2D eigenvalue weighted by atomic mass is 15.1. The molecule has 1 nitrogen and oxygen atoms in total. The van der Waals surface area contributed by atoms with Crippen molar-refractivity contribution in [1.29, 1.82) is 0 Å². The Labute approximate surface area is 190 Å². The highest BCUT2D eigenvalue weighted by Crippen LogP contribution is 2.21. The summed E-state index contributed by atoms with van der Waals surface area (Å²) in [6.07, 6.45) is 25.4. The first-order valence-corrected chi connectivity index (χ1v) is 13.6. The van der Waals surface area contributed by atoms with Gasteiger partial charge in [0, 0.05) is 18.8 Å². The number of para-hydroxylation sites is 1. The molecule has 0 atom stereocenters. The minimum atomic E-state index is 1.23. The molecule has 0 heterocycles. The molecule has 0 aliphatic heterocycles. The quantitative estimate of drug-likeness (QED) is 0.180. The highest BCUT2D eigenvalue weighted by molar-refractivity contribution is 5.52. The van der Waals surface area contributed by atoms with Crippen LogP contribution in [0.3, 0.4) is 0 Å². The summed E-state index contributed by atoms with van der Waals surface area (Å²) in [5, 5.41) is 0. The first-order valence-electron chi connectivity index (χ1n) is 13.6. The predicted octanol–water partition coefficient (Wildman–Crippen LogP) is 9.86. The Bertz CT molecular complexity index is 459. The van der Waals surface area contributed by atoms with Crippen molar-refractivity contribution in [2.75, 3.05) is 18.0 Å². The van der Waals surface area contributed by atoms with Crippen LogP contribution in [0.5, 0.6) is 0 Å². The third-order valence-corrected chi connectivity index (χ3v) is 6.52. The van der Waals surface area contributed by atoms with Crippen LogP contribution in [0.25, 0.3) is 0 Å². The van der Waals surface area contributed by atoms with Crippen LogP contribution in [0, 0.1) is 6.92 Å².